The summed E-state index contributed by atoms with van der Waals surface area (Å²) in [6.45, 7) is 0.733. The van der Waals surface area contributed by atoms with Gasteiger partial charge >= 0.3 is 0 Å². The molecule has 1 atom stereocenters. The van der Waals surface area contributed by atoms with Crippen LogP contribution in [0.4, 0.5) is 0 Å². The lowest BCUT2D eigenvalue weighted by molar-refractivity contribution is -0.143. The van der Waals surface area contributed by atoms with Gasteiger partial charge < -0.3 is 29.5 Å². The minimum absolute atomic E-state index is 0.0307. The molecule has 4 rings (SSSR count). The first kappa shape index (κ1) is 31.0. The third kappa shape index (κ3) is 7.85. The Morgan fingerprint density at radius 2 is 1.62 bits per heavy atom. The van der Waals surface area contributed by atoms with Gasteiger partial charge in [-0.15, -0.1) is 0 Å². The van der Waals surface area contributed by atoms with Crippen molar-refractivity contribution in [3.05, 3.63) is 90.0 Å². The number of ether oxygens (including phenoxy) is 3. The summed E-state index contributed by atoms with van der Waals surface area (Å²) in [6.07, 6.45) is 0. The summed E-state index contributed by atoms with van der Waals surface area (Å²) in [7, 11) is -2.11. The van der Waals surface area contributed by atoms with Crippen LogP contribution in [-0.4, -0.2) is 87.7 Å². The number of methoxy groups -OCH3 is 1. The summed E-state index contributed by atoms with van der Waals surface area (Å²) >= 11 is 0. The van der Waals surface area contributed by atoms with E-state index in [2.05, 4.69) is 5.32 Å². The van der Waals surface area contributed by atoms with Crippen LogP contribution >= 0.6 is 0 Å². The lowest BCUT2D eigenvalue weighted by atomic mass is 10.0. The summed E-state index contributed by atoms with van der Waals surface area (Å²) in [5, 5.41) is 12.0. The standard InChI is InChI=1S/C30H35N3O8S/c1-39-25-9-7-23(8-10-25)21-33(29(30(36)31-15-18-34)24-5-3-2-4-6-24)28(35)22-41-26-11-13-27(14-12-26)42(37,38)32-16-19-40-20-17-32/h2-14,29,34H,15-22H2,1H3,(H,31,36)/t29-/m0/s1. The van der Waals surface area contributed by atoms with Crippen molar-refractivity contribution in [2.75, 3.05) is 53.2 Å². The predicted molar refractivity (Wildman–Crippen MR) is 154 cm³/mol. The first-order chi connectivity index (χ1) is 20.3. The van der Waals surface area contributed by atoms with Crippen molar-refractivity contribution in [2.45, 2.75) is 17.5 Å². The van der Waals surface area contributed by atoms with Gasteiger partial charge in [-0.2, -0.15) is 4.31 Å². The average Bonchev–Trinajstić information content (AvgIpc) is 3.03. The maximum atomic E-state index is 13.7. The number of amides is 2. The molecule has 1 aliphatic heterocycles. The molecule has 42 heavy (non-hydrogen) atoms. The fourth-order valence-electron chi connectivity index (χ4n) is 4.51. The average molecular weight is 598 g/mol. The number of carbonyl (C=O) groups excluding carboxylic acids is 2. The minimum atomic E-state index is -3.67. The maximum Gasteiger partial charge on any atom is 0.261 e. The molecule has 0 spiro atoms. The summed E-state index contributed by atoms with van der Waals surface area (Å²) in [5.74, 6) is 0.0348. The Morgan fingerprint density at radius 1 is 0.976 bits per heavy atom. The van der Waals surface area contributed by atoms with Crippen LogP contribution in [0.2, 0.25) is 0 Å². The maximum absolute atomic E-state index is 13.7. The number of rotatable bonds is 13. The zero-order valence-corrected chi connectivity index (χ0v) is 24.2. The normalized spacial score (nSPS) is 14.5. The molecule has 1 heterocycles. The molecule has 3 aromatic rings. The van der Waals surface area contributed by atoms with Crippen molar-refractivity contribution in [2.24, 2.45) is 0 Å². The Labute approximate surface area is 245 Å². The topological polar surface area (TPSA) is 135 Å². The quantitative estimate of drug-likeness (QED) is 0.306. The fraction of sp³-hybridized carbons (Fsp3) is 0.333. The van der Waals surface area contributed by atoms with E-state index >= 15 is 0 Å². The lowest BCUT2D eigenvalue weighted by Crippen LogP contribution is -2.45. The van der Waals surface area contributed by atoms with Gasteiger partial charge in [-0.3, -0.25) is 9.59 Å². The summed E-state index contributed by atoms with van der Waals surface area (Å²) in [6, 6.07) is 20.9. The second kappa shape index (κ2) is 14.8. The number of aliphatic hydroxyl groups excluding tert-OH is 1. The summed E-state index contributed by atoms with van der Waals surface area (Å²) < 4.78 is 43.5. The molecule has 224 valence electrons. The Morgan fingerprint density at radius 3 is 2.24 bits per heavy atom. The molecule has 1 saturated heterocycles. The number of benzene rings is 3. The third-order valence-electron chi connectivity index (χ3n) is 6.71. The van der Waals surface area contributed by atoms with Gasteiger partial charge in [-0.25, -0.2) is 8.42 Å². The molecule has 11 nitrogen and oxygen atoms in total. The van der Waals surface area contributed by atoms with Gasteiger partial charge in [-0.05, 0) is 47.5 Å². The van der Waals surface area contributed by atoms with E-state index in [4.69, 9.17) is 14.2 Å². The highest BCUT2D eigenvalue weighted by Gasteiger charge is 2.32. The molecular weight excluding hydrogens is 562 g/mol. The van der Waals surface area contributed by atoms with Crippen LogP contribution in [0.1, 0.15) is 17.2 Å². The molecule has 0 bridgehead atoms. The van der Waals surface area contributed by atoms with Crippen LogP contribution in [0.5, 0.6) is 11.5 Å². The van der Waals surface area contributed by atoms with Crippen molar-refractivity contribution in [3.63, 3.8) is 0 Å². The molecule has 0 saturated carbocycles. The first-order valence-electron chi connectivity index (χ1n) is 13.5. The largest absolute Gasteiger partial charge is 0.497 e. The molecular formula is C30H35N3O8S. The molecule has 0 aromatic heterocycles. The highest BCUT2D eigenvalue weighted by Crippen LogP contribution is 2.26. The van der Waals surface area contributed by atoms with Crippen LogP contribution in [-0.2, 0) is 30.9 Å². The molecule has 3 aromatic carbocycles. The molecule has 0 aliphatic carbocycles. The lowest BCUT2D eigenvalue weighted by Gasteiger charge is -2.31. The van der Waals surface area contributed by atoms with E-state index in [0.29, 0.717) is 30.3 Å². The number of morpholine rings is 1. The smallest absolute Gasteiger partial charge is 0.261 e. The predicted octanol–water partition coefficient (Wildman–Crippen LogP) is 1.97. The molecule has 1 aliphatic rings. The van der Waals surface area contributed by atoms with Gasteiger partial charge in [0.15, 0.2) is 6.61 Å². The summed E-state index contributed by atoms with van der Waals surface area (Å²) in [4.78, 5) is 28.6. The number of nitrogens with zero attached hydrogens (tertiary/aromatic N) is 2. The van der Waals surface area contributed by atoms with Crippen LogP contribution in [0.3, 0.4) is 0 Å². The van der Waals surface area contributed by atoms with Gasteiger partial charge in [0.25, 0.3) is 5.91 Å². The molecule has 12 heteroatoms. The SMILES string of the molecule is COc1ccc(CN(C(=O)COc2ccc(S(=O)(=O)N3CCOCC3)cc2)[C@H](C(=O)NCCO)c2ccccc2)cc1. The Bertz CT molecular complexity index is 1410. The van der Waals surface area contributed by atoms with E-state index in [1.807, 2.05) is 6.07 Å². The molecule has 2 N–H and O–H groups in total. The first-order valence-corrected chi connectivity index (χ1v) is 14.9. The van der Waals surface area contributed by atoms with Gasteiger partial charge in [-0.1, -0.05) is 42.5 Å². The number of sulfonamides is 1. The van der Waals surface area contributed by atoms with E-state index in [-0.39, 0.29) is 37.7 Å². The number of carbonyl (C=O) groups is 2. The van der Waals surface area contributed by atoms with Crippen molar-refractivity contribution in [1.29, 1.82) is 0 Å². The van der Waals surface area contributed by atoms with Gasteiger partial charge in [0.05, 0.1) is 31.8 Å². The Hall–Kier alpha value is -3.97. The van der Waals surface area contributed by atoms with Gasteiger partial charge in [0.1, 0.15) is 17.5 Å². The third-order valence-corrected chi connectivity index (χ3v) is 8.63. The van der Waals surface area contributed by atoms with Crippen LogP contribution in [0, 0.1) is 0 Å². The molecule has 1 fully saturated rings. The number of aliphatic hydroxyl groups is 1. The molecule has 0 unspecified atom stereocenters. The van der Waals surface area contributed by atoms with E-state index in [1.165, 1.54) is 33.5 Å². The molecule has 2 amide bonds. The Balaban J connectivity index is 1.55. The second-order valence-electron chi connectivity index (χ2n) is 9.47. The van der Waals surface area contributed by atoms with Crippen molar-refractivity contribution in [1.82, 2.24) is 14.5 Å². The van der Waals surface area contributed by atoms with Crippen LogP contribution in [0.25, 0.3) is 0 Å². The highest BCUT2D eigenvalue weighted by molar-refractivity contribution is 7.89. The van der Waals surface area contributed by atoms with Gasteiger partial charge in [0, 0.05) is 26.2 Å². The monoisotopic (exact) mass is 597 g/mol. The highest BCUT2D eigenvalue weighted by atomic mass is 32.2. The Kier molecular flexibility index (Phi) is 10.9. The number of hydrogen-bond donors (Lipinski definition) is 2. The van der Waals surface area contributed by atoms with Crippen LogP contribution < -0.4 is 14.8 Å². The van der Waals surface area contributed by atoms with Crippen molar-refractivity contribution >= 4 is 21.8 Å². The van der Waals surface area contributed by atoms with E-state index < -0.39 is 34.5 Å². The minimum Gasteiger partial charge on any atom is -0.497 e. The van der Waals surface area contributed by atoms with E-state index in [0.717, 1.165) is 5.56 Å². The van der Waals surface area contributed by atoms with Crippen LogP contribution in [0.15, 0.2) is 83.8 Å². The number of nitrogens with one attached hydrogen (secondary N) is 1. The van der Waals surface area contributed by atoms with Crippen molar-refractivity contribution < 1.29 is 37.3 Å². The second-order valence-corrected chi connectivity index (χ2v) is 11.4. The zero-order valence-electron chi connectivity index (χ0n) is 23.3. The van der Waals surface area contributed by atoms with E-state index in [1.54, 1.807) is 55.6 Å². The fourth-order valence-corrected chi connectivity index (χ4v) is 5.91. The summed E-state index contributed by atoms with van der Waals surface area (Å²) in [5.41, 5.74) is 1.35. The molecule has 0 radical (unpaired) electrons. The number of hydrogen-bond acceptors (Lipinski definition) is 8. The van der Waals surface area contributed by atoms with E-state index in [9.17, 15) is 23.1 Å². The van der Waals surface area contributed by atoms with Crippen molar-refractivity contribution in [3.8, 4) is 11.5 Å². The zero-order chi connectivity index (χ0) is 30.0. The van der Waals surface area contributed by atoms with Gasteiger partial charge in [0.2, 0.25) is 15.9 Å².